The number of benzene rings is 3. The second-order valence-corrected chi connectivity index (χ2v) is 7.47. The smallest absolute Gasteiger partial charge is 0.262 e. The fourth-order valence-electron chi connectivity index (χ4n) is 2.90. The number of carbonyl (C=O) groups excluding carboxylic acids is 1. The highest BCUT2D eigenvalue weighted by atomic mass is 35.5. The van der Waals surface area contributed by atoms with Crippen molar-refractivity contribution in [3.05, 3.63) is 82.4 Å². The van der Waals surface area contributed by atoms with E-state index in [1.165, 1.54) is 5.56 Å². The van der Waals surface area contributed by atoms with E-state index in [9.17, 15) is 4.79 Å². The summed E-state index contributed by atoms with van der Waals surface area (Å²) in [5, 5.41) is 3.16. The van der Waals surface area contributed by atoms with Crippen molar-refractivity contribution in [1.82, 2.24) is 0 Å². The predicted molar refractivity (Wildman–Crippen MR) is 126 cm³/mol. The van der Waals surface area contributed by atoms with E-state index in [0.717, 1.165) is 16.8 Å². The molecule has 3 rings (SSSR count). The lowest BCUT2D eigenvalue weighted by molar-refractivity contribution is -0.118. The summed E-state index contributed by atoms with van der Waals surface area (Å²) in [6.45, 7) is 6.10. The molecule has 0 spiro atoms. The van der Waals surface area contributed by atoms with Crippen LogP contribution in [-0.2, 0) is 4.79 Å². The number of aliphatic imine (C=N–C) groups is 1. The van der Waals surface area contributed by atoms with Gasteiger partial charge in [-0.3, -0.25) is 9.79 Å². The lowest BCUT2D eigenvalue weighted by Gasteiger charge is -2.14. The number of nitrogens with one attached hydrogen (secondary N) is 1. The van der Waals surface area contributed by atoms with Crippen LogP contribution in [0.2, 0.25) is 5.02 Å². The Bertz CT molecular complexity index is 1080. The van der Waals surface area contributed by atoms with E-state index in [4.69, 9.17) is 21.1 Å². The van der Waals surface area contributed by atoms with Crippen molar-refractivity contribution in [3.8, 4) is 11.5 Å². The van der Waals surface area contributed by atoms with Crippen LogP contribution in [0.15, 0.2) is 65.7 Å². The number of halogens is 1. The molecule has 0 fully saturated rings. The maximum absolute atomic E-state index is 12.3. The van der Waals surface area contributed by atoms with E-state index in [1.54, 1.807) is 18.3 Å². The molecule has 0 bridgehead atoms. The normalized spacial score (nSPS) is 10.8. The van der Waals surface area contributed by atoms with Gasteiger partial charge in [0.15, 0.2) is 18.1 Å². The minimum Gasteiger partial charge on any atom is -0.490 e. The third kappa shape index (κ3) is 6.59. The van der Waals surface area contributed by atoms with Gasteiger partial charge in [-0.25, -0.2) is 0 Å². The minimum absolute atomic E-state index is 0.190. The molecule has 0 aliphatic heterocycles. The molecule has 1 amide bonds. The number of hydrogen-bond donors (Lipinski definition) is 1. The maximum Gasteiger partial charge on any atom is 0.262 e. The van der Waals surface area contributed by atoms with Crippen molar-refractivity contribution in [1.29, 1.82) is 0 Å². The molecular formula is C25H25ClN2O3. The Morgan fingerprint density at radius 1 is 1.03 bits per heavy atom. The highest BCUT2D eigenvalue weighted by Crippen LogP contribution is 2.36. The molecule has 0 radical (unpaired) electrons. The number of carbonyl (C=O) groups is 1. The summed E-state index contributed by atoms with van der Waals surface area (Å²) in [6.07, 6.45) is 1.72. The zero-order chi connectivity index (χ0) is 22.2. The van der Waals surface area contributed by atoms with Gasteiger partial charge in [0.05, 0.1) is 17.3 Å². The number of ether oxygens (including phenoxy) is 2. The van der Waals surface area contributed by atoms with Gasteiger partial charge < -0.3 is 14.8 Å². The second kappa shape index (κ2) is 10.6. The van der Waals surface area contributed by atoms with Gasteiger partial charge in [0.2, 0.25) is 0 Å². The van der Waals surface area contributed by atoms with E-state index in [2.05, 4.69) is 10.3 Å². The summed E-state index contributed by atoms with van der Waals surface area (Å²) in [5.74, 6) is 0.508. The molecule has 0 saturated carbocycles. The van der Waals surface area contributed by atoms with Crippen molar-refractivity contribution in [2.24, 2.45) is 4.99 Å². The van der Waals surface area contributed by atoms with Crippen LogP contribution in [-0.4, -0.2) is 25.3 Å². The number of aryl methyl sites for hydroxylation is 2. The van der Waals surface area contributed by atoms with Crippen LogP contribution >= 0.6 is 11.6 Å². The molecule has 160 valence electrons. The Labute approximate surface area is 187 Å². The molecule has 3 aromatic carbocycles. The lowest BCUT2D eigenvalue weighted by Crippen LogP contribution is -2.20. The largest absolute Gasteiger partial charge is 0.490 e. The number of amides is 1. The standard InChI is InChI=1S/C25H25ClN2O3/c1-4-30-23-14-19(15-27-20-10-8-17(2)9-11-20)13-22(26)25(23)31-16-24(29)28-21-7-5-6-18(3)12-21/h5-15H,4,16H2,1-3H3,(H,28,29). The fourth-order valence-corrected chi connectivity index (χ4v) is 3.18. The number of nitrogens with zero attached hydrogens (tertiary/aromatic N) is 1. The van der Waals surface area contributed by atoms with Crippen molar-refractivity contribution < 1.29 is 14.3 Å². The topological polar surface area (TPSA) is 59.9 Å². The van der Waals surface area contributed by atoms with Crippen LogP contribution in [0.3, 0.4) is 0 Å². The Hall–Kier alpha value is -3.31. The van der Waals surface area contributed by atoms with Crippen molar-refractivity contribution in [2.45, 2.75) is 20.8 Å². The van der Waals surface area contributed by atoms with E-state index >= 15 is 0 Å². The molecule has 0 aliphatic rings. The van der Waals surface area contributed by atoms with E-state index < -0.39 is 0 Å². The van der Waals surface area contributed by atoms with E-state index in [0.29, 0.717) is 28.8 Å². The summed E-state index contributed by atoms with van der Waals surface area (Å²) in [6, 6.07) is 19.0. The number of rotatable bonds is 8. The van der Waals surface area contributed by atoms with Crippen molar-refractivity contribution >= 4 is 35.1 Å². The van der Waals surface area contributed by atoms with Gasteiger partial charge in [-0.2, -0.15) is 0 Å². The molecule has 0 heterocycles. The Kier molecular flexibility index (Phi) is 7.68. The third-order valence-electron chi connectivity index (χ3n) is 4.38. The van der Waals surface area contributed by atoms with Gasteiger partial charge >= 0.3 is 0 Å². The average Bonchev–Trinajstić information content (AvgIpc) is 2.73. The van der Waals surface area contributed by atoms with Gasteiger partial charge in [0, 0.05) is 11.9 Å². The third-order valence-corrected chi connectivity index (χ3v) is 4.66. The Morgan fingerprint density at radius 3 is 2.52 bits per heavy atom. The van der Waals surface area contributed by atoms with Crippen LogP contribution in [0.5, 0.6) is 11.5 Å². The summed E-state index contributed by atoms with van der Waals surface area (Å²) >= 11 is 6.44. The summed E-state index contributed by atoms with van der Waals surface area (Å²) in [7, 11) is 0. The van der Waals surface area contributed by atoms with Crippen LogP contribution < -0.4 is 14.8 Å². The van der Waals surface area contributed by atoms with Gasteiger partial charge in [0.1, 0.15) is 0 Å². The molecule has 5 nitrogen and oxygen atoms in total. The molecule has 3 aromatic rings. The molecule has 0 aliphatic carbocycles. The zero-order valence-electron chi connectivity index (χ0n) is 17.8. The number of anilines is 1. The van der Waals surface area contributed by atoms with E-state index in [1.807, 2.05) is 69.3 Å². The van der Waals surface area contributed by atoms with Crippen LogP contribution in [0.25, 0.3) is 0 Å². The summed E-state index contributed by atoms with van der Waals surface area (Å²) in [5.41, 5.74) is 4.56. The fraction of sp³-hybridized carbons (Fsp3) is 0.200. The molecular weight excluding hydrogens is 412 g/mol. The first-order valence-corrected chi connectivity index (χ1v) is 10.4. The monoisotopic (exact) mass is 436 g/mol. The van der Waals surface area contributed by atoms with Crippen molar-refractivity contribution in [3.63, 3.8) is 0 Å². The molecule has 0 aromatic heterocycles. The summed E-state index contributed by atoms with van der Waals surface area (Å²) < 4.78 is 11.4. The van der Waals surface area contributed by atoms with Crippen LogP contribution in [0.1, 0.15) is 23.6 Å². The molecule has 0 saturated heterocycles. The first kappa shape index (κ1) is 22.4. The average molecular weight is 437 g/mol. The highest BCUT2D eigenvalue weighted by molar-refractivity contribution is 6.32. The molecule has 0 atom stereocenters. The molecule has 6 heteroatoms. The highest BCUT2D eigenvalue weighted by Gasteiger charge is 2.14. The molecule has 0 unspecified atom stereocenters. The second-order valence-electron chi connectivity index (χ2n) is 7.06. The minimum atomic E-state index is -0.283. The number of hydrogen-bond acceptors (Lipinski definition) is 4. The Morgan fingerprint density at radius 2 is 1.81 bits per heavy atom. The van der Waals surface area contributed by atoms with Gasteiger partial charge in [-0.15, -0.1) is 0 Å². The first-order chi connectivity index (χ1) is 14.9. The first-order valence-electron chi connectivity index (χ1n) is 10.0. The molecule has 1 N–H and O–H groups in total. The van der Waals surface area contributed by atoms with Crippen molar-refractivity contribution in [2.75, 3.05) is 18.5 Å². The van der Waals surface area contributed by atoms with Gasteiger partial charge in [0.25, 0.3) is 5.91 Å². The lowest BCUT2D eigenvalue weighted by atomic mass is 10.2. The van der Waals surface area contributed by atoms with Gasteiger partial charge in [-0.1, -0.05) is 41.4 Å². The van der Waals surface area contributed by atoms with E-state index in [-0.39, 0.29) is 12.5 Å². The molecule has 31 heavy (non-hydrogen) atoms. The zero-order valence-corrected chi connectivity index (χ0v) is 18.6. The Balaban J connectivity index is 1.72. The van der Waals surface area contributed by atoms with Gasteiger partial charge in [-0.05, 0) is 68.3 Å². The summed E-state index contributed by atoms with van der Waals surface area (Å²) in [4.78, 5) is 16.8. The van der Waals surface area contributed by atoms with Crippen LogP contribution in [0, 0.1) is 13.8 Å². The quantitative estimate of drug-likeness (QED) is 0.432. The van der Waals surface area contributed by atoms with Crippen LogP contribution in [0.4, 0.5) is 11.4 Å². The maximum atomic E-state index is 12.3. The predicted octanol–water partition coefficient (Wildman–Crippen LogP) is 6.12. The SMILES string of the molecule is CCOc1cc(C=Nc2ccc(C)cc2)cc(Cl)c1OCC(=O)Nc1cccc(C)c1.